The number of pyridine rings is 1. The van der Waals surface area contributed by atoms with E-state index in [-0.39, 0.29) is 0 Å². The van der Waals surface area contributed by atoms with Crippen molar-refractivity contribution >= 4 is 6.29 Å². The molecule has 0 amide bonds. The predicted molar refractivity (Wildman–Crippen MR) is 70.0 cm³/mol. The molecule has 18 heavy (non-hydrogen) atoms. The van der Waals surface area contributed by atoms with Crippen LogP contribution in [0.1, 0.15) is 21.6 Å². The van der Waals surface area contributed by atoms with Crippen LogP contribution in [0, 0.1) is 6.92 Å². The average molecular weight is 241 g/mol. The Kier molecular flexibility index (Phi) is 4.07. The predicted octanol–water partition coefficient (Wildman–Crippen LogP) is 2.82. The Morgan fingerprint density at radius 3 is 2.56 bits per heavy atom. The summed E-state index contributed by atoms with van der Waals surface area (Å²) in [6.07, 6.45) is 3.45. The molecular formula is C15H15NO2. The van der Waals surface area contributed by atoms with Crippen molar-refractivity contribution in [2.45, 2.75) is 13.3 Å². The van der Waals surface area contributed by atoms with Gasteiger partial charge in [0, 0.05) is 23.9 Å². The van der Waals surface area contributed by atoms with E-state index in [9.17, 15) is 4.79 Å². The van der Waals surface area contributed by atoms with E-state index in [1.54, 1.807) is 24.3 Å². The van der Waals surface area contributed by atoms with Crippen LogP contribution in [0.15, 0.2) is 42.6 Å². The summed E-state index contributed by atoms with van der Waals surface area (Å²) >= 11 is 0. The summed E-state index contributed by atoms with van der Waals surface area (Å²) in [5, 5.41) is 0. The molecule has 0 saturated carbocycles. The minimum atomic E-state index is 0.580. The number of ether oxygens (including phenoxy) is 1. The second kappa shape index (κ2) is 5.96. The number of hydrogen-bond donors (Lipinski definition) is 0. The molecule has 2 aromatic rings. The fourth-order valence-electron chi connectivity index (χ4n) is 1.56. The highest BCUT2D eigenvalue weighted by Crippen LogP contribution is 2.11. The van der Waals surface area contributed by atoms with E-state index >= 15 is 0 Å². The topological polar surface area (TPSA) is 39.2 Å². The number of rotatable bonds is 5. The van der Waals surface area contributed by atoms with Crippen molar-refractivity contribution in [2.24, 2.45) is 0 Å². The highest BCUT2D eigenvalue weighted by atomic mass is 16.5. The highest BCUT2D eigenvalue weighted by molar-refractivity contribution is 5.74. The quantitative estimate of drug-likeness (QED) is 0.756. The molecule has 0 atom stereocenters. The van der Waals surface area contributed by atoms with Gasteiger partial charge in [0.05, 0.1) is 6.61 Å². The molecule has 0 aliphatic heterocycles. The maximum atomic E-state index is 10.5. The first-order valence-electron chi connectivity index (χ1n) is 5.87. The van der Waals surface area contributed by atoms with Crippen LogP contribution in [-0.4, -0.2) is 17.9 Å². The minimum absolute atomic E-state index is 0.580. The van der Waals surface area contributed by atoms with Gasteiger partial charge in [-0.15, -0.1) is 0 Å². The SMILES string of the molecule is Cc1ccc(CCOc2ccc(C=O)cc2)nc1. The molecule has 0 saturated heterocycles. The largest absolute Gasteiger partial charge is 0.493 e. The van der Waals surface area contributed by atoms with E-state index in [0.717, 1.165) is 29.7 Å². The number of nitrogens with zero attached hydrogens (tertiary/aromatic N) is 1. The van der Waals surface area contributed by atoms with Crippen LogP contribution in [-0.2, 0) is 6.42 Å². The fourth-order valence-corrected chi connectivity index (χ4v) is 1.56. The molecule has 0 aliphatic rings. The monoisotopic (exact) mass is 241 g/mol. The van der Waals surface area contributed by atoms with Gasteiger partial charge in [-0.25, -0.2) is 0 Å². The molecule has 0 fully saturated rings. The number of carbonyl (C=O) groups is 1. The second-order valence-electron chi connectivity index (χ2n) is 4.11. The van der Waals surface area contributed by atoms with Crippen LogP contribution in [0.3, 0.4) is 0 Å². The summed E-state index contributed by atoms with van der Waals surface area (Å²) in [5.74, 6) is 0.771. The van der Waals surface area contributed by atoms with E-state index in [0.29, 0.717) is 12.2 Å². The van der Waals surface area contributed by atoms with Gasteiger partial charge in [0.2, 0.25) is 0 Å². The number of benzene rings is 1. The maximum Gasteiger partial charge on any atom is 0.150 e. The van der Waals surface area contributed by atoms with Crippen molar-refractivity contribution in [1.82, 2.24) is 4.98 Å². The molecular weight excluding hydrogens is 226 g/mol. The van der Waals surface area contributed by atoms with E-state index in [1.807, 2.05) is 25.3 Å². The van der Waals surface area contributed by atoms with Gasteiger partial charge in [0.1, 0.15) is 12.0 Å². The van der Waals surface area contributed by atoms with Crippen molar-refractivity contribution in [1.29, 1.82) is 0 Å². The van der Waals surface area contributed by atoms with E-state index in [4.69, 9.17) is 4.74 Å². The molecule has 0 bridgehead atoms. The maximum absolute atomic E-state index is 10.5. The van der Waals surface area contributed by atoms with Gasteiger partial charge in [-0.05, 0) is 42.8 Å². The zero-order chi connectivity index (χ0) is 12.8. The first-order valence-corrected chi connectivity index (χ1v) is 5.87. The number of aryl methyl sites for hydroxylation is 1. The summed E-state index contributed by atoms with van der Waals surface area (Å²) in [5.41, 5.74) is 2.83. The van der Waals surface area contributed by atoms with Gasteiger partial charge < -0.3 is 4.74 Å². The Morgan fingerprint density at radius 2 is 1.94 bits per heavy atom. The Labute approximate surface area is 106 Å². The third kappa shape index (κ3) is 3.42. The number of carbonyl (C=O) groups excluding carboxylic acids is 1. The van der Waals surface area contributed by atoms with Crippen LogP contribution >= 0.6 is 0 Å². The lowest BCUT2D eigenvalue weighted by atomic mass is 10.2. The van der Waals surface area contributed by atoms with Crippen LogP contribution in [0.25, 0.3) is 0 Å². The van der Waals surface area contributed by atoms with Crippen LogP contribution < -0.4 is 4.74 Å². The molecule has 3 heteroatoms. The van der Waals surface area contributed by atoms with Gasteiger partial charge >= 0.3 is 0 Å². The van der Waals surface area contributed by atoms with Crippen LogP contribution in [0.4, 0.5) is 0 Å². The van der Waals surface area contributed by atoms with E-state index in [2.05, 4.69) is 4.98 Å². The van der Waals surface area contributed by atoms with Crippen molar-refractivity contribution in [2.75, 3.05) is 6.61 Å². The lowest BCUT2D eigenvalue weighted by molar-refractivity contribution is 0.112. The third-order valence-corrected chi connectivity index (χ3v) is 2.62. The molecule has 1 aromatic heterocycles. The smallest absolute Gasteiger partial charge is 0.150 e. The first-order chi connectivity index (χ1) is 8.78. The Hall–Kier alpha value is -2.16. The van der Waals surface area contributed by atoms with Gasteiger partial charge in [0.15, 0.2) is 0 Å². The van der Waals surface area contributed by atoms with Crippen molar-refractivity contribution < 1.29 is 9.53 Å². The molecule has 2 rings (SSSR count). The molecule has 3 nitrogen and oxygen atoms in total. The lowest BCUT2D eigenvalue weighted by Crippen LogP contribution is -2.02. The number of aromatic nitrogens is 1. The molecule has 0 spiro atoms. The third-order valence-electron chi connectivity index (χ3n) is 2.62. The molecule has 92 valence electrons. The van der Waals surface area contributed by atoms with Crippen LogP contribution in [0.5, 0.6) is 5.75 Å². The molecule has 0 aliphatic carbocycles. The number of aldehydes is 1. The van der Waals surface area contributed by atoms with Gasteiger partial charge in [-0.2, -0.15) is 0 Å². The van der Waals surface area contributed by atoms with E-state index in [1.165, 1.54) is 0 Å². The molecule has 0 N–H and O–H groups in total. The normalized spacial score (nSPS) is 10.1. The summed E-state index contributed by atoms with van der Waals surface area (Å²) in [6, 6.07) is 11.1. The summed E-state index contributed by atoms with van der Waals surface area (Å²) in [4.78, 5) is 14.8. The van der Waals surface area contributed by atoms with Gasteiger partial charge in [-0.3, -0.25) is 9.78 Å². The van der Waals surface area contributed by atoms with Gasteiger partial charge in [0.25, 0.3) is 0 Å². The summed E-state index contributed by atoms with van der Waals surface area (Å²) < 4.78 is 5.58. The standard InChI is InChI=1S/C15H15NO2/c1-12-2-5-14(16-10-12)8-9-18-15-6-3-13(11-17)4-7-15/h2-7,10-11H,8-9H2,1H3. The Balaban J connectivity index is 1.84. The number of hydrogen-bond acceptors (Lipinski definition) is 3. The van der Waals surface area contributed by atoms with Gasteiger partial charge in [-0.1, -0.05) is 6.07 Å². The average Bonchev–Trinajstić information content (AvgIpc) is 2.42. The first kappa shape index (κ1) is 12.3. The zero-order valence-corrected chi connectivity index (χ0v) is 10.3. The zero-order valence-electron chi connectivity index (χ0n) is 10.3. The Morgan fingerprint density at radius 1 is 1.17 bits per heavy atom. The Bertz CT molecular complexity index is 503. The van der Waals surface area contributed by atoms with E-state index < -0.39 is 0 Å². The molecule has 1 heterocycles. The second-order valence-corrected chi connectivity index (χ2v) is 4.11. The van der Waals surface area contributed by atoms with Crippen LogP contribution in [0.2, 0.25) is 0 Å². The molecule has 0 radical (unpaired) electrons. The summed E-state index contributed by atoms with van der Waals surface area (Å²) in [7, 11) is 0. The lowest BCUT2D eigenvalue weighted by Gasteiger charge is -2.06. The van der Waals surface area contributed by atoms with Crippen molar-refractivity contribution in [3.8, 4) is 5.75 Å². The highest BCUT2D eigenvalue weighted by Gasteiger charge is 1.97. The van der Waals surface area contributed by atoms with Crippen molar-refractivity contribution in [3.63, 3.8) is 0 Å². The fraction of sp³-hybridized carbons (Fsp3) is 0.200. The molecule has 0 unspecified atom stereocenters. The minimum Gasteiger partial charge on any atom is -0.493 e. The summed E-state index contributed by atoms with van der Waals surface area (Å²) in [6.45, 7) is 2.60. The van der Waals surface area contributed by atoms with Crippen molar-refractivity contribution in [3.05, 3.63) is 59.4 Å². The molecule has 1 aromatic carbocycles.